The Balaban J connectivity index is 1.66. The first-order chi connectivity index (χ1) is 10.1. The molecule has 108 valence electrons. The summed E-state index contributed by atoms with van der Waals surface area (Å²) < 4.78 is 0. The van der Waals surface area contributed by atoms with Crippen molar-refractivity contribution in [2.24, 2.45) is 5.73 Å². The summed E-state index contributed by atoms with van der Waals surface area (Å²) in [6.07, 6.45) is 0.688. The van der Waals surface area contributed by atoms with Crippen molar-refractivity contribution in [3.8, 4) is 11.3 Å². The van der Waals surface area contributed by atoms with Gasteiger partial charge in [-0.15, -0.1) is 11.3 Å². The number of thiazole rings is 1. The minimum absolute atomic E-state index is 0.117. The SMILES string of the molecule is N[C@H]1CC(=O)N(CCc2nc(-c3ccccc3)cs2)C1=O. The van der Waals surface area contributed by atoms with Gasteiger partial charge >= 0.3 is 0 Å². The molecule has 1 saturated heterocycles. The monoisotopic (exact) mass is 301 g/mol. The maximum absolute atomic E-state index is 11.7. The van der Waals surface area contributed by atoms with Crippen LogP contribution < -0.4 is 5.73 Å². The van der Waals surface area contributed by atoms with Gasteiger partial charge in [0.2, 0.25) is 11.8 Å². The van der Waals surface area contributed by atoms with Gasteiger partial charge in [0.05, 0.1) is 23.2 Å². The Kier molecular flexibility index (Phi) is 3.81. The molecule has 1 fully saturated rings. The number of imide groups is 1. The van der Waals surface area contributed by atoms with Crippen LogP contribution >= 0.6 is 11.3 Å². The van der Waals surface area contributed by atoms with E-state index in [4.69, 9.17) is 5.73 Å². The summed E-state index contributed by atoms with van der Waals surface area (Å²) in [5.74, 6) is -0.466. The lowest BCUT2D eigenvalue weighted by Gasteiger charge is -2.12. The number of carbonyl (C=O) groups is 2. The van der Waals surface area contributed by atoms with Gasteiger partial charge in [-0.2, -0.15) is 0 Å². The highest BCUT2D eigenvalue weighted by Gasteiger charge is 2.35. The first kappa shape index (κ1) is 13.9. The van der Waals surface area contributed by atoms with Crippen LogP contribution in [0.3, 0.4) is 0 Å². The highest BCUT2D eigenvalue weighted by molar-refractivity contribution is 7.09. The van der Waals surface area contributed by atoms with Crippen molar-refractivity contribution in [2.45, 2.75) is 18.9 Å². The fourth-order valence-electron chi connectivity index (χ4n) is 2.32. The second kappa shape index (κ2) is 5.75. The van der Waals surface area contributed by atoms with Crippen LogP contribution in [0.1, 0.15) is 11.4 Å². The molecule has 1 atom stereocenters. The van der Waals surface area contributed by atoms with Crippen LogP contribution in [0.4, 0.5) is 0 Å². The molecule has 0 radical (unpaired) electrons. The molecule has 2 amide bonds. The van der Waals surface area contributed by atoms with Crippen LogP contribution in [0.2, 0.25) is 0 Å². The number of nitrogens with zero attached hydrogens (tertiary/aromatic N) is 2. The van der Waals surface area contributed by atoms with Crippen molar-refractivity contribution >= 4 is 23.2 Å². The standard InChI is InChI=1S/C15H15N3O2S/c16-11-8-14(19)18(15(11)20)7-6-13-17-12(9-21-13)10-4-2-1-3-5-10/h1-5,9,11H,6-8,16H2/t11-/m0/s1. The van der Waals surface area contributed by atoms with E-state index in [1.807, 2.05) is 35.7 Å². The third kappa shape index (κ3) is 2.86. The van der Waals surface area contributed by atoms with Gasteiger partial charge in [-0.05, 0) is 0 Å². The highest BCUT2D eigenvalue weighted by atomic mass is 32.1. The van der Waals surface area contributed by atoms with Crippen LogP contribution in [0, 0.1) is 0 Å². The largest absolute Gasteiger partial charge is 0.319 e. The Morgan fingerprint density at radius 1 is 1.29 bits per heavy atom. The lowest BCUT2D eigenvalue weighted by Crippen LogP contribution is -2.36. The molecule has 2 heterocycles. The van der Waals surface area contributed by atoms with Gasteiger partial charge in [0, 0.05) is 23.9 Å². The molecule has 21 heavy (non-hydrogen) atoms. The molecule has 1 aromatic heterocycles. The second-order valence-electron chi connectivity index (χ2n) is 4.94. The molecule has 1 aliphatic rings. The molecule has 0 saturated carbocycles. The fraction of sp³-hybridized carbons (Fsp3) is 0.267. The molecule has 1 aliphatic heterocycles. The van der Waals surface area contributed by atoms with Crippen molar-refractivity contribution in [1.29, 1.82) is 0 Å². The minimum atomic E-state index is -0.673. The number of hydrogen-bond acceptors (Lipinski definition) is 5. The van der Waals surface area contributed by atoms with E-state index in [1.54, 1.807) is 0 Å². The maximum atomic E-state index is 11.7. The van der Waals surface area contributed by atoms with E-state index in [0.717, 1.165) is 16.3 Å². The third-order valence-corrected chi connectivity index (χ3v) is 4.36. The van der Waals surface area contributed by atoms with Crippen molar-refractivity contribution in [2.75, 3.05) is 6.54 Å². The summed E-state index contributed by atoms with van der Waals surface area (Å²) >= 11 is 1.54. The Bertz CT molecular complexity index is 669. The normalized spacial score (nSPS) is 18.5. The summed E-state index contributed by atoms with van der Waals surface area (Å²) in [5.41, 5.74) is 7.57. The first-order valence-corrected chi connectivity index (χ1v) is 7.63. The van der Waals surface area contributed by atoms with Crippen molar-refractivity contribution in [1.82, 2.24) is 9.88 Å². The topological polar surface area (TPSA) is 76.3 Å². The predicted molar refractivity (Wildman–Crippen MR) is 80.6 cm³/mol. The van der Waals surface area contributed by atoms with E-state index >= 15 is 0 Å². The van der Waals surface area contributed by atoms with Gasteiger partial charge < -0.3 is 5.73 Å². The van der Waals surface area contributed by atoms with Crippen LogP contribution in [0.25, 0.3) is 11.3 Å². The lowest BCUT2D eigenvalue weighted by molar-refractivity contribution is -0.138. The summed E-state index contributed by atoms with van der Waals surface area (Å²) in [5, 5.41) is 2.90. The van der Waals surface area contributed by atoms with E-state index < -0.39 is 6.04 Å². The Labute approximate surface area is 126 Å². The van der Waals surface area contributed by atoms with E-state index in [9.17, 15) is 9.59 Å². The zero-order chi connectivity index (χ0) is 14.8. The van der Waals surface area contributed by atoms with Gasteiger partial charge in [0.15, 0.2) is 0 Å². The first-order valence-electron chi connectivity index (χ1n) is 6.75. The van der Waals surface area contributed by atoms with Crippen molar-refractivity contribution in [3.63, 3.8) is 0 Å². The molecule has 5 nitrogen and oxygen atoms in total. The molecular formula is C15H15N3O2S. The molecule has 2 aromatic rings. The number of likely N-dealkylation sites (tertiary alicyclic amines) is 1. The van der Waals surface area contributed by atoms with E-state index in [-0.39, 0.29) is 18.2 Å². The zero-order valence-electron chi connectivity index (χ0n) is 11.4. The Hall–Kier alpha value is -2.05. The van der Waals surface area contributed by atoms with Crippen LogP contribution in [0.5, 0.6) is 0 Å². The Morgan fingerprint density at radius 3 is 2.71 bits per heavy atom. The average molecular weight is 301 g/mol. The summed E-state index contributed by atoms with van der Waals surface area (Å²) in [6.45, 7) is 0.354. The fourth-order valence-corrected chi connectivity index (χ4v) is 3.11. The zero-order valence-corrected chi connectivity index (χ0v) is 12.2. The predicted octanol–water partition coefficient (Wildman–Crippen LogP) is 1.44. The van der Waals surface area contributed by atoms with E-state index in [1.165, 1.54) is 16.2 Å². The smallest absolute Gasteiger partial charge is 0.246 e. The van der Waals surface area contributed by atoms with E-state index in [2.05, 4.69) is 4.98 Å². The Morgan fingerprint density at radius 2 is 2.05 bits per heavy atom. The molecule has 0 bridgehead atoms. The summed E-state index contributed by atoms with van der Waals surface area (Å²) in [4.78, 5) is 29.2. The van der Waals surface area contributed by atoms with Gasteiger partial charge in [0.25, 0.3) is 0 Å². The van der Waals surface area contributed by atoms with Gasteiger partial charge in [-0.1, -0.05) is 30.3 Å². The van der Waals surface area contributed by atoms with Crippen LogP contribution in [-0.2, 0) is 16.0 Å². The molecule has 0 aliphatic carbocycles. The molecule has 2 N–H and O–H groups in total. The minimum Gasteiger partial charge on any atom is -0.319 e. The number of benzene rings is 1. The average Bonchev–Trinajstić information content (AvgIpc) is 3.05. The summed E-state index contributed by atoms with van der Waals surface area (Å²) in [6, 6.07) is 9.24. The molecule has 6 heteroatoms. The second-order valence-corrected chi connectivity index (χ2v) is 5.88. The number of aromatic nitrogens is 1. The van der Waals surface area contributed by atoms with Gasteiger partial charge in [-0.3, -0.25) is 14.5 Å². The number of rotatable bonds is 4. The molecule has 1 aromatic carbocycles. The van der Waals surface area contributed by atoms with Crippen molar-refractivity contribution in [3.05, 3.63) is 40.7 Å². The van der Waals surface area contributed by atoms with Gasteiger partial charge in [0.1, 0.15) is 0 Å². The number of amides is 2. The van der Waals surface area contributed by atoms with Crippen LogP contribution in [0.15, 0.2) is 35.7 Å². The highest BCUT2D eigenvalue weighted by Crippen LogP contribution is 2.22. The molecule has 3 rings (SSSR count). The molecule has 0 spiro atoms. The number of nitrogens with two attached hydrogens (primary N) is 1. The molecular weight excluding hydrogens is 286 g/mol. The van der Waals surface area contributed by atoms with Crippen molar-refractivity contribution < 1.29 is 9.59 Å². The molecule has 0 unspecified atom stereocenters. The lowest BCUT2D eigenvalue weighted by atomic mass is 10.2. The number of carbonyl (C=O) groups excluding carboxylic acids is 2. The summed E-state index contributed by atoms with van der Waals surface area (Å²) in [7, 11) is 0. The van der Waals surface area contributed by atoms with E-state index in [0.29, 0.717) is 13.0 Å². The number of hydrogen-bond donors (Lipinski definition) is 1. The maximum Gasteiger partial charge on any atom is 0.246 e. The van der Waals surface area contributed by atoms with Crippen LogP contribution in [-0.4, -0.2) is 34.3 Å². The third-order valence-electron chi connectivity index (χ3n) is 3.45. The van der Waals surface area contributed by atoms with Gasteiger partial charge in [-0.25, -0.2) is 4.98 Å². The quantitative estimate of drug-likeness (QED) is 0.867.